The van der Waals surface area contributed by atoms with E-state index < -0.39 is 6.17 Å². The third-order valence-electron chi connectivity index (χ3n) is 2.47. The molecule has 1 aliphatic rings. The maximum atomic E-state index is 12.9. The van der Waals surface area contributed by atoms with Crippen LogP contribution in [-0.4, -0.2) is 10.1 Å². The van der Waals surface area contributed by atoms with Crippen molar-refractivity contribution in [2.24, 2.45) is 11.8 Å². The first kappa shape index (κ1) is 8.75. The largest absolute Gasteiger partial charge is 0.247 e. The first-order valence-electron chi connectivity index (χ1n) is 3.89. The van der Waals surface area contributed by atoms with Crippen LogP contribution in [0, 0.1) is 11.8 Å². The van der Waals surface area contributed by atoms with Gasteiger partial charge in [-0.3, -0.25) is 0 Å². The highest BCUT2D eigenvalue weighted by atomic mass is 127. The van der Waals surface area contributed by atoms with Crippen molar-refractivity contribution in [3.8, 4) is 0 Å². The van der Waals surface area contributed by atoms with Crippen molar-refractivity contribution >= 4 is 22.6 Å². The summed E-state index contributed by atoms with van der Waals surface area (Å²) in [5.41, 5.74) is 0. The molecule has 0 radical (unpaired) electrons. The normalized spacial score (nSPS) is 43.8. The summed E-state index contributed by atoms with van der Waals surface area (Å²) < 4.78 is 13.6. The Labute approximate surface area is 75.7 Å². The van der Waals surface area contributed by atoms with E-state index in [1.165, 1.54) is 0 Å². The zero-order valence-corrected chi connectivity index (χ0v) is 8.64. The van der Waals surface area contributed by atoms with Gasteiger partial charge in [0.15, 0.2) is 0 Å². The average Bonchev–Trinajstić information content (AvgIpc) is 2.13. The third kappa shape index (κ3) is 1.83. The second kappa shape index (κ2) is 3.37. The van der Waals surface area contributed by atoms with Crippen molar-refractivity contribution in [1.29, 1.82) is 0 Å². The van der Waals surface area contributed by atoms with Gasteiger partial charge in [0.2, 0.25) is 0 Å². The van der Waals surface area contributed by atoms with E-state index in [0.29, 0.717) is 15.8 Å². The fraction of sp³-hybridized carbons (Fsp3) is 1.00. The van der Waals surface area contributed by atoms with E-state index in [9.17, 15) is 4.39 Å². The van der Waals surface area contributed by atoms with Crippen LogP contribution in [0.3, 0.4) is 0 Å². The van der Waals surface area contributed by atoms with Crippen molar-refractivity contribution < 1.29 is 4.39 Å². The van der Waals surface area contributed by atoms with Gasteiger partial charge in [-0.2, -0.15) is 0 Å². The second-order valence-electron chi connectivity index (χ2n) is 3.40. The van der Waals surface area contributed by atoms with E-state index in [2.05, 4.69) is 29.5 Å². The van der Waals surface area contributed by atoms with Gasteiger partial charge in [-0.1, -0.05) is 36.4 Å². The van der Waals surface area contributed by atoms with Crippen LogP contribution in [0.1, 0.15) is 26.7 Å². The summed E-state index contributed by atoms with van der Waals surface area (Å²) in [6, 6.07) is 0. The number of halogens is 2. The van der Waals surface area contributed by atoms with Crippen LogP contribution >= 0.6 is 22.6 Å². The molecule has 0 aromatic carbocycles. The van der Waals surface area contributed by atoms with Gasteiger partial charge in [-0.05, 0) is 24.7 Å². The minimum absolute atomic E-state index is 0.308. The van der Waals surface area contributed by atoms with Gasteiger partial charge in [0, 0.05) is 3.92 Å². The Hall–Kier alpha value is 0.660. The van der Waals surface area contributed by atoms with Gasteiger partial charge in [0.25, 0.3) is 0 Å². The van der Waals surface area contributed by atoms with E-state index in [-0.39, 0.29) is 0 Å². The zero-order chi connectivity index (χ0) is 7.72. The topological polar surface area (TPSA) is 0 Å². The molecule has 1 unspecified atom stereocenters. The summed E-state index contributed by atoms with van der Waals surface area (Å²) in [5.74, 6) is 0.938. The number of hydrogen-bond donors (Lipinski definition) is 0. The number of hydrogen-bond acceptors (Lipinski definition) is 0. The molecule has 0 aromatic heterocycles. The van der Waals surface area contributed by atoms with E-state index in [1.54, 1.807) is 0 Å². The standard InChI is InChI=1S/C8H14FI/c1-5-3-7(6(2)10)4-8(5)9/h5-8H,3-4H2,1-2H3/t5-,6?,7+,8-/m0/s1. The molecule has 10 heavy (non-hydrogen) atoms. The molecule has 0 aromatic rings. The molecule has 0 bridgehead atoms. The van der Waals surface area contributed by atoms with Gasteiger partial charge >= 0.3 is 0 Å². The molecule has 0 saturated heterocycles. The minimum atomic E-state index is -0.526. The quantitative estimate of drug-likeness (QED) is 0.499. The molecule has 0 heterocycles. The highest BCUT2D eigenvalue weighted by Gasteiger charge is 2.33. The van der Waals surface area contributed by atoms with Crippen LogP contribution in [0.15, 0.2) is 0 Å². The fourth-order valence-electron chi connectivity index (χ4n) is 1.62. The molecule has 0 aliphatic heterocycles. The van der Waals surface area contributed by atoms with Crippen LogP contribution < -0.4 is 0 Å². The van der Waals surface area contributed by atoms with Crippen LogP contribution in [0.5, 0.6) is 0 Å². The van der Waals surface area contributed by atoms with Crippen LogP contribution in [0.2, 0.25) is 0 Å². The summed E-state index contributed by atoms with van der Waals surface area (Å²) in [6.07, 6.45) is 1.36. The second-order valence-corrected chi connectivity index (χ2v) is 5.37. The van der Waals surface area contributed by atoms with E-state index in [0.717, 1.165) is 12.8 Å². The van der Waals surface area contributed by atoms with Crippen molar-refractivity contribution in [1.82, 2.24) is 0 Å². The van der Waals surface area contributed by atoms with Crippen molar-refractivity contribution in [3.05, 3.63) is 0 Å². The molecule has 60 valence electrons. The molecule has 0 nitrogen and oxygen atoms in total. The van der Waals surface area contributed by atoms with Crippen molar-refractivity contribution in [2.45, 2.75) is 36.8 Å². The summed E-state index contributed by atoms with van der Waals surface area (Å²) in [5, 5.41) is 0. The molecule has 0 spiro atoms. The summed E-state index contributed by atoms with van der Waals surface area (Å²) >= 11 is 2.40. The average molecular weight is 256 g/mol. The SMILES string of the molecule is CC(I)[C@@H]1C[C@H](C)[C@@H](F)C1. The van der Waals surface area contributed by atoms with Gasteiger partial charge < -0.3 is 0 Å². The van der Waals surface area contributed by atoms with Gasteiger partial charge in [-0.15, -0.1) is 0 Å². The molecule has 2 heteroatoms. The predicted octanol–water partition coefficient (Wildman–Crippen LogP) is 3.19. The van der Waals surface area contributed by atoms with E-state index >= 15 is 0 Å². The Morgan fingerprint density at radius 2 is 2.10 bits per heavy atom. The third-order valence-corrected chi connectivity index (χ3v) is 3.49. The molecule has 0 amide bonds. The lowest BCUT2D eigenvalue weighted by molar-refractivity contribution is 0.275. The molecule has 1 aliphatic carbocycles. The Balaban J connectivity index is 2.41. The van der Waals surface area contributed by atoms with Gasteiger partial charge in [0.05, 0.1) is 0 Å². The Kier molecular flexibility index (Phi) is 2.95. The summed E-state index contributed by atoms with van der Waals surface area (Å²) in [7, 11) is 0. The molecule has 4 atom stereocenters. The molecule has 0 N–H and O–H groups in total. The molecular weight excluding hydrogens is 242 g/mol. The monoisotopic (exact) mass is 256 g/mol. The lowest BCUT2D eigenvalue weighted by Gasteiger charge is -2.10. The van der Waals surface area contributed by atoms with E-state index in [4.69, 9.17) is 0 Å². The first-order chi connectivity index (χ1) is 4.61. The summed E-state index contributed by atoms with van der Waals surface area (Å²) in [4.78, 5) is 0. The molecular formula is C8H14FI. The Morgan fingerprint density at radius 3 is 2.30 bits per heavy atom. The smallest absolute Gasteiger partial charge is 0.103 e. The van der Waals surface area contributed by atoms with Crippen LogP contribution in [0.25, 0.3) is 0 Å². The fourth-order valence-corrected chi connectivity index (χ4v) is 2.21. The maximum Gasteiger partial charge on any atom is 0.103 e. The molecule has 1 fully saturated rings. The minimum Gasteiger partial charge on any atom is -0.247 e. The van der Waals surface area contributed by atoms with E-state index in [1.807, 2.05) is 6.92 Å². The zero-order valence-electron chi connectivity index (χ0n) is 6.48. The Morgan fingerprint density at radius 1 is 1.50 bits per heavy atom. The van der Waals surface area contributed by atoms with Crippen LogP contribution in [0.4, 0.5) is 4.39 Å². The maximum absolute atomic E-state index is 12.9. The number of alkyl halides is 2. The van der Waals surface area contributed by atoms with Crippen LogP contribution in [-0.2, 0) is 0 Å². The highest BCUT2D eigenvalue weighted by molar-refractivity contribution is 14.1. The lowest BCUT2D eigenvalue weighted by atomic mass is 10.0. The first-order valence-corrected chi connectivity index (χ1v) is 5.14. The number of rotatable bonds is 1. The molecule has 1 saturated carbocycles. The van der Waals surface area contributed by atoms with Crippen molar-refractivity contribution in [2.75, 3.05) is 0 Å². The molecule has 1 rings (SSSR count). The van der Waals surface area contributed by atoms with Crippen molar-refractivity contribution in [3.63, 3.8) is 0 Å². The highest BCUT2D eigenvalue weighted by Crippen LogP contribution is 2.37. The van der Waals surface area contributed by atoms with Gasteiger partial charge in [-0.25, -0.2) is 4.39 Å². The van der Waals surface area contributed by atoms with Gasteiger partial charge in [0.1, 0.15) is 6.17 Å². The Bertz CT molecular complexity index is 104. The summed E-state index contributed by atoms with van der Waals surface area (Å²) in [6.45, 7) is 4.19. The lowest BCUT2D eigenvalue weighted by Crippen LogP contribution is -2.06. The predicted molar refractivity (Wildman–Crippen MR) is 50.3 cm³/mol.